The van der Waals surface area contributed by atoms with Crippen molar-refractivity contribution >= 4 is 22.2 Å². The first-order valence-electron chi connectivity index (χ1n) is 9.94. The SMILES string of the molecule is COCOCC/C(=C/c1ccccc1)S(=O)(=O)N1CCN(C(=O)OC(C)(C)C)CC1. The second kappa shape index (κ2) is 10.9. The van der Waals surface area contributed by atoms with E-state index < -0.39 is 21.7 Å². The normalized spacial score (nSPS) is 16.5. The lowest BCUT2D eigenvalue weighted by molar-refractivity contribution is -0.0287. The van der Waals surface area contributed by atoms with E-state index >= 15 is 0 Å². The summed E-state index contributed by atoms with van der Waals surface area (Å²) in [4.78, 5) is 14.1. The molecule has 0 unspecified atom stereocenters. The molecule has 1 fully saturated rings. The first-order valence-corrected chi connectivity index (χ1v) is 11.4. The van der Waals surface area contributed by atoms with E-state index in [9.17, 15) is 13.2 Å². The Morgan fingerprint density at radius 2 is 1.73 bits per heavy atom. The third-order valence-electron chi connectivity index (χ3n) is 4.38. The summed E-state index contributed by atoms with van der Waals surface area (Å²) in [5, 5.41) is 0. The first-order chi connectivity index (χ1) is 14.1. The number of amides is 1. The quantitative estimate of drug-likeness (QED) is 0.456. The van der Waals surface area contributed by atoms with Crippen LogP contribution in [0.5, 0.6) is 0 Å². The Bertz CT molecular complexity index is 810. The van der Waals surface area contributed by atoms with Crippen molar-refractivity contribution in [3.8, 4) is 0 Å². The fourth-order valence-corrected chi connectivity index (χ4v) is 4.53. The minimum Gasteiger partial charge on any atom is -0.444 e. The maximum absolute atomic E-state index is 13.3. The Kier molecular flexibility index (Phi) is 8.84. The maximum Gasteiger partial charge on any atom is 0.410 e. The highest BCUT2D eigenvalue weighted by atomic mass is 32.2. The minimum atomic E-state index is -3.70. The Balaban J connectivity index is 2.10. The Morgan fingerprint density at radius 1 is 1.10 bits per heavy atom. The number of hydrogen-bond acceptors (Lipinski definition) is 6. The molecule has 1 aromatic carbocycles. The van der Waals surface area contributed by atoms with Gasteiger partial charge in [0.05, 0.1) is 11.5 Å². The standard InChI is InChI=1S/C21H32N2O6S/c1-21(2,3)29-20(24)22-11-13-23(14-12-22)30(25,26)19(10-15-28-17-27-4)16-18-8-6-5-7-9-18/h5-9,16H,10-15,17H2,1-4H3/b19-16-. The Hall–Kier alpha value is -1.94. The van der Waals surface area contributed by atoms with E-state index in [2.05, 4.69) is 0 Å². The zero-order valence-electron chi connectivity index (χ0n) is 18.2. The third-order valence-corrected chi connectivity index (χ3v) is 6.41. The van der Waals surface area contributed by atoms with Gasteiger partial charge in [-0.2, -0.15) is 4.31 Å². The monoisotopic (exact) mass is 440 g/mol. The summed E-state index contributed by atoms with van der Waals surface area (Å²) in [6.07, 6.45) is 1.48. The van der Waals surface area contributed by atoms with Gasteiger partial charge in [0.2, 0.25) is 10.0 Å². The van der Waals surface area contributed by atoms with E-state index in [0.717, 1.165) is 5.56 Å². The van der Waals surface area contributed by atoms with Crippen LogP contribution < -0.4 is 0 Å². The van der Waals surface area contributed by atoms with Crippen molar-refractivity contribution in [3.05, 3.63) is 40.8 Å². The number of benzene rings is 1. The molecule has 0 aromatic heterocycles. The van der Waals surface area contributed by atoms with Gasteiger partial charge < -0.3 is 19.1 Å². The predicted molar refractivity (Wildman–Crippen MR) is 115 cm³/mol. The number of rotatable bonds is 8. The van der Waals surface area contributed by atoms with Gasteiger partial charge >= 0.3 is 6.09 Å². The minimum absolute atomic E-state index is 0.104. The zero-order chi connectivity index (χ0) is 22.2. The molecule has 1 aliphatic rings. The van der Waals surface area contributed by atoms with Crippen LogP contribution in [-0.2, 0) is 24.2 Å². The Morgan fingerprint density at radius 3 is 2.30 bits per heavy atom. The fraction of sp³-hybridized carbons (Fsp3) is 0.571. The molecular weight excluding hydrogens is 408 g/mol. The number of nitrogens with zero attached hydrogens (tertiary/aromatic N) is 2. The van der Waals surface area contributed by atoms with Crippen molar-refractivity contribution in [3.63, 3.8) is 0 Å². The molecule has 0 aliphatic carbocycles. The number of hydrogen-bond donors (Lipinski definition) is 0. The van der Waals surface area contributed by atoms with Crippen LogP contribution in [0.1, 0.15) is 32.8 Å². The van der Waals surface area contributed by atoms with Gasteiger partial charge in [-0.1, -0.05) is 30.3 Å². The largest absolute Gasteiger partial charge is 0.444 e. The average molecular weight is 441 g/mol. The van der Waals surface area contributed by atoms with E-state index in [0.29, 0.717) is 0 Å². The van der Waals surface area contributed by atoms with Gasteiger partial charge in [-0.05, 0) is 32.4 Å². The highest BCUT2D eigenvalue weighted by Gasteiger charge is 2.33. The van der Waals surface area contributed by atoms with Crippen molar-refractivity contribution in [2.75, 3.05) is 46.7 Å². The number of methoxy groups -OCH3 is 1. The van der Waals surface area contributed by atoms with Crippen molar-refractivity contribution in [1.82, 2.24) is 9.21 Å². The van der Waals surface area contributed by atoms with Gasteiger partial charge in [-0.3, -0.25) is 0 Å². The molecule has 1 heterocycles. The maximum atomic E-state index is 13.3. The second-order valence-electron chi connectivity index (χ2n) is 7.96. The smallest absolute Gasteiger partial charge is 0.410 e. The molecule has 1 amide bonds. The van der Waals surface area contributed by atoms with Crippen LogP contribution in [0.25, 0.3) is 6.08 Å². The molecule has 0 saturated carbocycles. The molecular formula is C21H32N2O6S. The molecule has 1 aromatic rings. The summed E-state index contributed by atoms with van der Waals surface area (Å²) in [6, 6.07) is 9.30. The van der Waals surface area contributed by atoms with Gasteiger partial charge in [0, 0.05) is 39.7 Å². The van der Waals surface area contributed by atoms with E-state index in [1.54, 1.807) is 31.7 Å². The lowest BCUT2D eigenvalue weighted by Gasteiger charge is -2.35. The molecule has 8 nitrogen and oxygen atoms in total. The summed E-state index contributed by atoms with van der Waals surface area (Å²) in [5.74, 6) is 0. The number of sulfonamides is 1. The predicted octanol–water partition coefficient (Wildman–Crippen LogP) is 2.92. The molecule has 168 valence electrons. The molecule has 0 atom stereocenters. The van der Waals surface area contributed by atoms with Crippen LogP contribution in [-0.4, -0.2) is 76.0 Å². The lowest BCUT2D eigenvalue weighted by atomic mass is 10.2. The van der Waals surface area contributed by atoms with Crippen LogP contribution in [0.15, 0.2) is 35.2 Å². The van der Waals surface area contributed by atoms with Crippen molar-refractivity contribution in [2.45, 2.75) is 32.8 Å². The van der Waals surface area contributed by atoms with Crippen molar-refractivity contribution < 1.29 is 27.4 Å². The average Bonchev–Trinajstić information content (AvgIpc) is 2.70. The van der Waals surface area contributed by atoms with E-state index in [4.69, 9.17) is 14.2 Å². The summed E-state index contributed by atoms with van der Waals surface area (Å²) >= 11 is 0. The highest BCUT2D eigenvalue weighted by Crippen LogP contribution is 2.22. The Labute approximate surface area is 179 Å². The van der Waals surface area contributed by atoms with Gasteiger partial charge in [0.25, 0.3) is 0 Å². The molecule has 0 N–H and O–H groups in total. The number of carbonyl (C=O) groups excluding carboxylic acids is 1. The third kappa shape index (κ3) is 7.39. The van der Waals surface area contributed by atoms with Crippen LogP contribution in [0.2, 0.25) is 0 Å². The van der Waals surface area contributed by atoms with Gasteiger partial charge in [0.15, 0.2) is 0 Å². The van der Waals surface area contributed by atoms with Crippen molar-refractivity contribution in [2.24, 2.45) is 0 Å². The van der Waals surface area contributed by atoms with Gasteiger partial charge in [0.1, 0.15) is 12.4 Å². The molecule has 1 aliphatic heterocycles. The molecule has 0 spiro atoms. The van der Waals surface area contributed by atoms with E-state index in [1.807, 2.05) is 30.3 Å². The summed E-state index contributed by atoms with van der Waals surface area (Å²) in [6.45, 7) is 6.74. The molecule has 9 heteroatoms. The van der Waals surface area contributed by atoms with Crippen LogP contribution in [0, 0.1) is 0 Å². The molecule has 1 saturated heterocycles. The number of piperazine rings is 1. The summed E-state index contributed by atoms with van der Waals surface area (Å²) in [7, 11) is -2.18. The van der Waals surface area contributed by atoms with Crippen LogP contribution in [0.4, 0.5) is 4.79 Å². The summed E-state index contributed by atoms with van der Waals surface area (Å²) < 4.78 is 43.6. The topological polar surface area (TPSA) is 85.4 Å². The molecule has 30 heavy (non-hydrogen) atoms. The lowest BCUT2D eigenvalue weighted by Crippen LogP contribution is -2.51. The fourth-order valence-electron chi connectivity index (χ4n) is 2.93. The van der Waals surface area contributed by atoms with Crippen LogP contribution in [0.3, 0.4) is 0 Å². The van der Waals surface area contributed by atoms with Gasteiger partial charge in [-0.25, -0.2) is 13.2 Å². The van der Waals surface area contributed by atoms with E-state index in [-0.39, 0.29) is 50.9 Å². The number of carbonyl (C=O) groups is 1. The number of ether oxygens (including phenoxy) is 3. The van der Waals surface area contributed by atoms with Crippen molar-refractivity contribution in [1.29, 1.82) is 0 Å². The first kappa shape index (κ1) is 24.3. The van der Waals surface area contributed by atoms with Gasteiger partial charge in [-0.15, -0.1) is 0 Å². The zero-order valence-corrected chi connectivity index (χ0v) is 19.0. The van der Waals surface area contributed by atoms with E-state index in [1.165, 1.54) is 11.4 Å². The molecule has 0 bridgehead atoms. The molecule has 2 rings (SSSR count). The summed E-state index contributed by atoms with van der Waals surface area (Å²) in [5.41, 5.74) is 0.212. The van der Waals surface area contributed by atoms with Crippen LogP contribution >= 0.6 is 0 Å². The molecule has 0 radical (unpaired) electrons. The highest BCUT2D eigenvalue weighted by molar-refractivity contribution is 7.93. The second-order valence-corrected chi connectivity index (χ2v) is 9.95.